The van der Waals surface area contributed by atoms with Crippen LogP contribution in [0.1, 0.15) is 24.8 Å². The van der Waals surface area contributed by atoms with E-state index in [0.29, 0.717) is 11.5 Å². The predicted molar refractivity (Wildman–Crippen MR) is 76.4 cm³/mol. The van der Waals surface area contributed by atoms with Crippen LogP contribution in [0.3, 0.4) is 0 Å². The topological polar surface area (TPSA) is 39.5 Å². The molecule has 0 radical (unpaired) electrons. The number of likely N-dealkylation sites (tertiary alicyclic amines) is 1. The van der Waals surface area contributed by atoms with Crippen LogP contribution in [-0.2, 0) is 23.1 Å². The molecule has 3 rings (SSSR count). The van der Waals surface area contributed by atoms with E-state index in [4.69, 9.17) is 9.47 Å². The Morgan fingerprint density at radius 1 is 1.45 bits per heavy atom. The number of aromatic nitrogens is 2. The summed E-state index contributed by atoms with van der Waals surface area (Å²) in [5, 5.41) is 4.24. The quantitative estimate of drug-likeness (QED) is 0.836. The Kier molecular flexibility index (Phi) is 4.10. The molecule has 0 aliphatic carbocycles. The highest BCUT2D eigenvalue weighted by molar-refractivity contribution is 5.04. The largest absolute Gasteiger partial charge is 0.382 e. The van der Waals surface area contributed by atoms with E-state index in [2.05, 4.69) is 16.2 Å². The fourth-order valence-electron chi connectivity index (χ4n) is 3.53. The Hall–Kier alpha value is -0.910. The first-order valence-electron chi connectivity index (χ1n) is 7.50. The molecule has 1 unspecified atom stereocenters. The van der Waals surface area contributed by atoms with Crippen molar-refractivity contribution in [3.8, 4) is 0 Å². The van der Waals surface area contributed by atoms with E-state index >= 15 is 0 Å². The van der Waals surface area contributed by atoms with Crippen LogP contribution in [-0.4, -0.2) is 54.2 Å². The van der Waals surface area contributed by atoms with E-state index in [1.165, 1.54) is 24.8 Å². The number of hydrogen-bond acceptors (Lipinski definition) is 4. The van der Waals surface area contributed by atoms with E-state index < -0.39 is 0 Å². The highest BCUT2D eigenvalue weighted by atomic mass is 16.5. The van der Waals surface area contributed by atoms with Gasteiger partial charge < -0.3 is 9.47 Å². The van der Waals surface area contributed by atoms with Gasteiger partial charge in [-0.05, 0) is 37.8 Å². The summed E-state index contributed by atoms with van der Waals surface area (Å²) in [4.78, 5) is 2.53. The fraction of sp³-hybridized carbons (Fsp3) is 0.800. The van der Waals surface area contributed by atoms with Gasteiger partial charge in [0.2, 0.25) is 0 Å². The number of nitrogens with zero attached hydrogens (tertiary/aromatic N) is 3. The molecule has 1 aromatic rings. The SMILES string of the molecule is COCC1CC2(CCN(Cc3cnn(C)c3)CC2)CO1. The van der Waals surface area contributed by atoms with Gasteiger partial charge in [-0.15, -0.1) is 0 Å². The fourth-order valence-corrected chi connectivity index (χ4v) is 3.53. The average Bonchev–Trinajstić information content (AvgIpc) is 3.01. The van der Waals surface area contributed by atoms with Crippen LogP contribution in [0.25, 0.3) is 0 Å². The number of hydrogen-bond donors (Lipinski definition) is 0. The summed E-state index contributed by atoms with van der Waals surface area (Å²) in [6.45, 7) is 5.01. The molecule has 112 valence electrons. The van der Waals surface area contributed by atoms with Crippen molar-refractivity contribution in [2.24, 2.45) is 12.5 Å². The normalized spacial score (nSPS) is 26.4. The molecule has 3 heterocycles. The van der Waals surface area contributed by atoms with E-state index in [0.717, 1.165) is 32.8 Å². The maximum atomic E-state index is 5.89. The standard InChI is InChI=1S/C15H25N3O2/c1-17-9-13(8-16-17)10-18-5-3-15(4-6-18)7-14(11-19-2)20-12-15/h8-9,14H,3-7,10-12H2,1-2H3. The highest BCUT2D eigenvalue weighted by Gasteiger charge is 2.42. The Morgan fingerprint density at radius 2 is 2.25 bits per heavy atom. The van der Waals surface area contributed by atoms with E-state index in [1.54, 1.807) is 7.11 Å². The maximum absolute atomic E-state index is 5.89. The van der Waals surface area contributed by atoms with Gasteiger partial charge in [0, 0.05) is 32.5 Å². The first-order chi connectivity index (χ1) is 9.69. The van der Waals surface area contributed by atoms with Crippen LogP contribution in [0.2, 0.25) is 0 Å². The zero-order valence-electron chi connectivity index (χ0n) is 12.5. The molecule has 2 fully saturated rings. The molecule has 0 aromatic carbocycles. The van der Waals surface area contributed by atoms with Gasteiger partial charge in [0.1, 0.15) is 0 Å². The Bertz CT molecular complexity index is 438. The van der Waals surface area contributed by atoms with Crippen molar-refractivity contribution in [1.82, 2.24) is 14.7 Å². The molecule has 5 nitrogen and oxygen atoms in total. The first kappa shape index (κ1) is 14.0. The molecule has 2 aliphatic heterocycles. The molecule has 0 N–H and O–H groups in total. The molecule has 0 amide bonds. The summed E-state index contributed by atoms with van der Waals surface area (Å²) in [7, 11) is 3.73. The monoisotopic (exact) mass is 279 g/mol. The van der Waals surface area contributed by atoms with Gasteiger partial charge in [-0.1, -0.05) is 0 Å². The van der Waals surface area contributed by atoms with Crippen LogP contribution in [0.4, 0.5) is 0 Å². The summed E-state index contributed by atoms with van der Waals surface area (Å²) >= 11 is 0. The zero-order valence-corrected chi connectivity index (χ0v) is 12.5. The summed E-state index contributed by atoms with van der Waals surface area (Å²) < 4.78 is 13.0. The van der Waals surface area contributed by atoms with Crippen molar-refractivity contribution in [2.45, 2.75) is 31.9 Å². The van der Waals surface area contributed by atoms with Crippen molar-refractivity contribution in [2.75, 3.05) is 33.4 Å². The van der Waals surface area contributed by atoms with Crippen molar-refractivity contribution in [3.05, 3.63) is 18.0 Å². The third-order valence-electron chi connectivity index (χ3n) is 4.72. The van der Waals surface area contributed by atoms with E-state index in [-0.39, 0.29) is 0 Å². The van der Waals surface area contributed by atoms with Gasteiger partial charge in [0.15, 0.2) is 0 Å². The second kappa shape index (κ2) is 5.84. The molecule has 20 heavy (non-hydrogen) atoms. The molecule has 0 saturated carbocycles. The molecule has 1 spiro atoms. The van der Waals surface area contributed by atoms with Crippen molar-refractivity contribution >= 4 is 0 Å². The maximum Gasteiger partial charge on any atom is 0.0814 e. The minimum absolute atomic E-state index is 0.310. The van der Waals surface area contributed by atoms with Gasteiger partial charge in [0.25, 0.3) is 0 Å². The number of rotatable bonds is 4. The molecule has 1 atom stereocenters. The van der Waals surface area contributed by atoms with Crippen molar-refractivity contribution in [1.29, 1.82) is 0 Å². The number of ether oxygens (including phenoxy) is 2. The smallest absolute Gasteiger partial charge is 0.0814 e. The lowest BCUT2D eigenvalue weighted by atomic mass is 9.76. The molecular weight excluding hydrogens is 254 g/mol. The van der Waals surface area contributed by atoms with Crippen molar-refractivity contribution < 1.29 is 9.47 Å². The average molecular weight is 279 g/mol. The summed E-state index contributed by atoms with van der Waals surface area (Å²) in [5.41, 5.74) is 1.72. The van der Waals surface area contributed by atoms with Crippen LogP contribution < -0.4 is 0 Å². The van der Waals surface area contributed by atoms with Crippen LogP contribution in [0, 0.1) is 5.41 Å². The summed E-state index contributed by atoms with van der Waals surface area (Å²) in [6, 6.07) is 0. The molecule has 1 aromatic heterocycles. The third kappa shape index (κ3) is 3.05. The zero-order chi connectivity index (χ0) is 14.0. The number of methoxy groups -OCH3 is 1. The first-order valence-corrected chi connectivity index (χ1v) is 7.50. The van der Waals surface area contributed by atoms with Gasteiger partial charge >= 0.3 is 0 Å². The second-order valence-electron chi connectivity index (χ2n) is 6.39. The lowest BCUT2D eigenvalue weighted by Gasteiger charge is -2.38. The summed E-state index contributed by atoms with van der Waals surface area (Å²) in [6.07, 6.45) is 8.04. The van der Waals surface area contributed by atoms with Gasteiger partial charge in [-0.3, -0.25) is 9.58 Å². The van der Waals surface area contributed by atoms with E-state index in [9.17, 15) is 0 Å². The summed E-state index contributed by atoms with van der Waals surface area (Å²) in [5.74, 6) is 0. The van der Waals surface area contributed by atoms with Gasteiger partial charge in [0.05, 0.1) is 25.5 Å². The van der Waals surface area contributed by atoms with Crippen LogP contribution >= 0.6 is 0 Å². The highest BCUT2D eigenvalue weighted by Crippen LogP contribution is 2.42. The molecular formula is C15H25N3O2. The van der Waals surface area contributed by atoms with Crippen LogP contribution in [0.15, 0.2) is 12.4 Å². The lowest BCUT2D eigenvalue weighted by Crippen LogP contribution is -2.40. The van der Waals surface area contributed by atoms with Gasteiger partial charge in [-0.2, -0.15) is 5.10 Å². The molecule has 2 aliphatic rings. The molecule has 2 saturated heterocycles. The van der Waals surface area contributed by atoms with E-state index in [1.807, 2.05) is 17.9 Å². The third-order valence-corrected chi connectivity index (χ3v) is 4.72. The van der Waals surface area contributed by atoms with Crippen LogP contribution in [0.5, 0.6) is 0 Å². The number of aryl methyl sites for hydroxylation is 1. The predicted octanol–water partition coefficient (Wildman–Crippen LogP) is 1.44. The Morgan fingerprint density at radius 3 is 2.90 bits per heavy atom. The Balaban J connectivity index is 1.50. The number of piperidine rings is 1. The minimum Gasteiger partial charge on any atom is -0.382 e. The molecule has 5 heteroatoms. The lowest BCUT2D eigenvalue weighted by molar-refractivity contribution is 0.0284. The minimum atomic E-state index is 0.310. The Labute approximate surface area is 120 Å². The van der Waals surface area contributed by atoms with Gasteiger partial charge in [-0.25, -0.2) is 0 Å². The van der Waals surface area contributed by atoms with Crippen molar-refractivity contribution in [3.63, 3.8) is 0 Å². The second-order valence-corrected chi connectivity index (χ2v) is 6.39. The molecule has 0 bridgehead atoms.